The number of carbonyl (C=O) groups excluding carboxylic acids is 3. The third-order valence-electron chi connectivity index (χ3n) is 6.05. The number of anilines is 1. The van der Waals surface area contributed by atoms with E-state index in [-0.39, 0.29) is 18.6 Å². The van der Waals surface area contributed by atoms with Gasteiger partial charge < -0.3 is 30.4 Å². The molecule has 4 rings (SSSR count). The predicted molar refractivity (Wildman–Crippen MR) is 152 cm³/mol. The van der Waals surface area contributed by atoms with Gasteiger partial charge in [0.2, 0.25) is 5.91 Å². The van der Waals surface area contributed by atoms with Crippen molar-refractivity contribution >= 4 is 35.5 Å². The lowest BCUT2D eigenvalue weighted by Crippen LogP contribution is -2.44. The van der Waals surface area contributed by atoms with Crippen LogP contribution in [0.1, 0.15) is 60.2 Å². The number of ether oxygens (including phenoxy) is 1. The van der Waals surface area contributed by atoms with Crippen molar-refractivity contribution in [2.75, 3.05) is 39.1 Å². The summed E-state index contributed by atoms with van der Waals surface area (Å²) in [5, 5.41) is 14.8. The molecule has 0 bridgehead atoms. The summed E-state index contributed by atoms with van der Waals surface area (Å²) in [7, 11) is 3.74. The maximum Gasteiger partial charge on any atom is 0.248 e. The second-order valence-corrected chi connectivity index (χ2v) is 9.10. The second kappa shape index (κ2) is 16.2. The van der Waals surface area contributed by atoms with Crippen molar-refractivity contribution in [1.82, 2.24) is 25.2 Å². The number of piperidine rings is 1. The first-order chi connectivity index (χ1) is 18.8. The van der Waals surface area contributed by atoms with Gasteiger partial charge >= 0.3 is 0 Å². The van der Waals surface area contributed by atoms with Crippen molar-refractivity contribution in [2.24, 2.45) is 0 Å². The van der Waals surface area contributed by atoms with Crippen molar-refractivity contribution < 1.29 is 24.2 Å². The first-order valence-electron chi connectivity index (χ1n) is 13.1. The lowest BCUT2D eigenvalue weighted by atomic mass is 10.1. The third kappa shape index (κ3) is 9.15. The summed E-state index contributed by atoms with van der Waals surface area (Å²) >= 11 is 0. The Morgan fingerprint density at radius 1 is 1.15 bits per heavy atom. The number of hydrogen-bond donors (Lipinski definition) is 4. The number of nitrogens with one attached hydrogen (secondary N) is 3. The van der Waals surface area contributed by atoms with Crippen LogP contribution in [0.25, 0.3) is 11.2 Å². The lowest BCUT2D eigenvalue weighted by molar-refractivity contribution is -0.135. The summed E-state index contributed by atoms with van der Waals surface area (Å²) in [6.07, 6.45) is 4.26. The number of fused-ring (bicyclic) bond motifs is 1. The van der Waals surface area contributed by atoms with Crippen LogP contribution in [0.5, 0.6) is 5.75 Å². The first-order valence-corrected chi connectivity index (χ1v) is 13.1. The summed E-state index contributed by atoms with van der Waals surface area (Å²) in [6, 6.07) is 9.63. The van der Waals surface area contributed by atoms with E-state index >= 15 is 0 Å². The van der Waals surface area contributed by atoms with Gasteiger partial charge in [-0.2, -0.15) is 0 Å². The highest BCUT2D eigenvalue weighted by Crippen LogP contribution is 2.29. The molecule has 39 heavy (non-hydrogen) atoms. The minimum Gasteiger partial charge on any atom is -0.486 e. The van der Waals surface area contributed by atoms with Crippen molar-refractivity contribution in [2.45, 2.75) is 52.2 Å². The molecule has 4 N–H and O–H groups in total. The molecule has 1 aromatic carbocycles. The molecule has 1 aliphatic heterocycles. The van der Waals surface area contributed by atoms with Crippen molar-refractivity contribution in [3.63, 3.8) is 0 Å². The molecule has 0 aliphatic carbocycles. The Kier molecular flexibility index (Phi) is 13.0. The van der Waals surface area contributed by atoms with E-state index in [0.29, 0.717) is 34.5 Å². The fraction of sp³-hybridized carbons (Fsp3) is 0.464. The summed E-state index contributed by atoms with van der Waals surface area (Å²) in [4.78, 5) is 45.8. The average molecular weight is 541 g/mol. The number of amides is 1. The molecular formula is C28H40N6O5. The Labute approximate surface area is 229 Å². The number of benzene rings is 1. The van der Waals surface area contributed by atoms with Crippen LogP contribution in [-0.4, -0.2) is 89.4 Å². The summed E-state index contributed by atoms with van der Waals surface area (Å²) < 4.78 is 5.67. The van der Waals surface area contributed by atoms with Crippen molar-refractivity contribution in [1.29, 1.82) is 0 Å². The number of rotatable bonds is 8. The second-order valence-electron chi connectivity index (χ2n) is 9.10. The maximum atomic E-state index is 11.1. The van der Waals surface area contributed by atoms with E-state index in [0.717, 1.165) is 56.2 Å². The molecule has 212 valence electrons. The quantitative estimate of drug-likeness (QED) is 0.316. The maximum absolute atomic E-state index is 11.1. The Hall–Kier alpha value is -3.83. The van der Waals surface area contributed by atoms with Gasteiger partial charge in [0.05, 0.1) is 11.8 Å². The highest BCUT2D eigenvalue weighted by molar-refractivity contribution is 5.92. The van der Waals surface area contributed by atoms with Crippen LogP contribution in [0.3, 0.4) is 0 Å². The monoisotopic (exact) mass is 540 g/mol. The number of aliphatic hydroxyl groups excluding tert-OH is 1. The molecule has 1 aliphatic rings. The number of aryl methyl sites for hydroxylation is 1. The van der Waals surface area contributed by atoms with Gasteiger partial charge in [-0.1, -0.05) is 37.3 Å². The fourth-order valence-corrected chi connectivity index (χ4v) is 3.96. The standard InChI is InChI=1S/C13H18N4O2.C8H16N2O2.C7H6O/c1-5-8-12(14-4)17-10-11(19-7(2)3)9(6-18)16-13(10)15-8;1-9-7-2-4-10(5-3-7)8(12)6-11;8-6-7-4-2-1-3-5-7/h6-7H,5H2,1-4H3,(H,14,17)(H,15,16);7,9,11H,2-6H2,1H3;1-6H. The zero-order chi connectivity index (χ0) is 28.8. The minimum absolute atomic E-state index is 0.0385. The topological polar surface area (TPSA) is 150 Å². The van der Waals surface area contributed by atoms with Crippen molar-refractivity contribution in [3.05, 3.63) is 47.3 Å². The molecule has 3 aromatic rings. The molecule has 2 aromatic heterocycles. The number of carbonyl (C=O) groups is 3. The number of aldehydes is 2. The molecule has 1 fully saturated rings. The number of aliphatic hydroxyl groups is 1. The van der Waals surface area contributed by atoms with Gasteiger partial charge in [-0.3, -0.25) is 14.4 Å². The Balaban J connectivity index is 0.000000227. The number of likely N-dealkylation sites (tertiary alicyclic amines) is 1. The molecule has 3 heterocycles. The van der Waals surface area contributed by atoms with Crippen LogP contribution in [-0.2, 0) is 11.2 Å². The molecule has 0 unspecified atom stereocenters. The molecule has 11 heteroatoms. The predicted octanol–water partition coefficient (Wildman–Crippen LogP) is 2.85. The highest BCUT2D eigenvalue weighted by atomic mass is 16.5. The van der Waals surface area contributed by atoms with Gasteiger partial charge in [0, 0.05) is 31.7 Å². The van der Waals surface area contributed by atoms with E-state index in [1.54, 1.807) is 24.1 Å². The summed E-state index contributed by atoms with van der Waals surface area (Å²) in [6.45, 7) is 6.99. The van der Waals surface area contributed by atoms with Gasteiger partial charge in [0.15, 0.2) is 23.2 Å². The van der Waals surface area contributed by atoms with Gasteiger partial charge in [0.1, 0.15) is 24.4 Å². The van der Waals surface area contributed by atoms with Crippen molar-refractivity contribution in [3.8, 4) is 5.75 Å². The lowest BCUT2D eigenvalue weighted by Gasteiger charge is -2.31. The van der Waals surface area contributed by atoms with E-state index < -0.39 is 0 Å². The smallest absolute Gasteiger partial charge is 0.248 e. The van der Waals surface area contributed by atoms with Crippen LogP contribution >= 0.6 is 0 Å². The van der Waals surface area contributed by atoms with Crippen LogP contribution in [0.2, 0.25) is 0 Å². The van der Waals surface area contributed by atoms with Crippen LogP contribution in [0.15, 0.2) is 30.3 Å². The molecule has 0 saturated carbocycles. The Bertz CT molecular complexity index is 1190. The number of aromatic amines is 1. The first kappa shape index (κ1) is 31.4. The number of hydrogen-bond acceptors (Lipinski definition) is 9. The Morgan fingerprint density at radius 3 is 2.28 bits per heavy atom. The third-order valence-corrected chi connectivity index (χ3v) is 6.05. The van der Waals surface area contributed by atoms with Crippen LogP contribution in [0, 0.1) is 0 Å². The molecule has 0 spiro atoms. The highest BCUT2D eigenvalue weighted by Gasteiger charge is 2.21. The molecule has 1 saturated heterocycles. The van der Waals surface area contributed by atoms with E-state index in [4.69, 9.17) is 9.84 Å². The molecule has 0 radical (unpaired) electrons. The fourth-order valence-electron chi connectivity index (χ4n) is 3.96. The number of H-pyrrole nitrogens is 1. The summed E-state index contributed by atoms with van der Waals surface area (Å²) in [5.74, 6) is 1.02. The van der Waals surface area contributed by atoms with E-state index in [2.05, 4.69) is 25.6 Å². The van der Waals surface area contributed by atoms with Gasteiger partial charge in [0.25, 0.3) is 0 Å². The molecule has 0 atom stereocenters. The summed E-state index contributed by atoms with van der Waals surface area (Å²) in [5.41, 5.74) is 3.11. The zero-order valence-electron chi connectivity index (χ0n) is 23.4. The van der Waals surface area contributed by atoms with E-state index in [1.807, 2.05) is 46.0 Å². The van der Waals surface area contributed by atoms with Crippen LogP contribution < -0.4 is 15.4 Å². The normalized spacial score (nSPS) is 13.2. The molecular weight excluding hydrogens is 500 g/mol. The minimum atomic E-state index is -0.357. The van der Waals surface area contributed by atoms with E-state index in [9.17, 15) is 14.4 Å². The largest absolute Gasteiger partial charge is 0.486 e. The number of aromatic nitrogens is 3. The van der Waals surface area contributed by atoms with E-state index in [1.165, 1.54) is 0 Å². The van der Waals surface area contributed by atoms with Gasteiger partial charge in [-0.05, 0) is 40.2 Å². The Morgan fingerprint density at radius 2 is 1.82 bits per heavy atom. The molecule has 1 amide bonds. The van der Waals surface area contributed by atoms with Gasteiger partial charge in [-0.25, -0.2) is 9.97 Å². The zero-order valence-corrected chi connectivity index (χ0v) is 23.4. The van der Waals surface area contributed by atoms with Gasteiger partial charge in [-0.15, -0.1) is 0 Å². The van der Waals surface area contributed by atoms with Crippen LogP contribution in [0.4, 0.5) is 5.82 Å². The molecule has 11 nitrogen and oxygen atoms in total. The average Bonchev–Trinajstić information content (AvgIpc) is 3.32. The SMILES string of the molecule is CCc1nc2[nH]c(C=O)c(OC(C)C)c2nc1NC.CNC1CCN(C(=O)CO)CC1.O=Cc1ccccc1. The number of nitrogens with zero attached hydrogens (tertiary/aromatic N) is 3.